The number of halogens is 2. The van der Waals surface area contributed by atoms with Crippen LogP contribution in [-0.4, -0.2) is 88.6 Å². The first-order valence-electron chi connectivity index (χ1n) is 14.7. The van der Waals surface area contributed by atoms with Crippen molar-refractivity contribution in [3.05, 3.63) is 89.4 Å². The van der Waals surface area contributed by atoms with Crippen molar-refractivity contribution in [1.29, 1.82) is 0 Å². The molecule has 45 heavy (non-hydrogen) atoms. The molecule has 2 aromatic heterocycles. The molecule has 234 valence electrons. The van der Waals surface area contributed by atoms with Crippen LogP contribution in [-0.2, 0) is 16.0 Å². The van der Waals surface area contributed by atoms with Gasteiger partial charge in [-0.1, -0.05) is 18.2 Å². The Labute approximate surface area is 257 Å². The average molecular weight is 619 g/mol. The fourth-order valence-electron chi connectivity index (χ4n) is 5.90. The number of nitrogens with zero attached hydrogens (tertiary/aromatic N) is 5. The van der Waals surface area contributed by atoms with Gasteiger partial charge in [-0.15, -0.1) is 0 Å². The molecular weight excluding hydrogens is 586 g/mol. The predicted molar refractivity (Wildman–Crippen MR) is 158 cm³/mol. The van der Waals surface area contributed by atoms with Gasteiger partial charge in [-0.25, -0.2) is 18.3 Å². The van der Waals surface area contributed by atoms with E-state index in [-0.39, 0.29) is 61.7 Å². The van der Waals surface area contributed by atoms with Crippen LogP contribution in [0, 0.1) is 17.6 Å². The minimum atomic E-state index is -1.05. The Bertz CT molecular complexity index is 1710. The maximum absolute atomic E-state index is 14.3. The van der Waals surface area contributed by atoms with E-state index in [0.717, 1.165) is 11.6 Å². The van der Waals surface area contributed by atoms with Crippen molar-refractivity contribution < 1.29 is 32.6 Å². The summed E-state index contributed by atoms with van der Waals surface area (Å²) >= 11 is 0. The van der Waals surface area contributed by atoms with E-state index in [0.29, 0.717) is 36.7 Å². The molecule has 0 saturated carbocycles. The van der Waals surface area contributed by atoms with E-state index in [4.69, 9.17) is 9.47 Å². The van der Waals surface area contributed by atoms with Crippen LogP contribution in [0.5, 0.6) is 11.5 Å². The summed E-state index contributed by atoms with van der Waals surface area (Å²) in [4.78, 5) is 47.6. The van der Waals surface area contributed by atoms with E-state index in [1.165, 1.54) is 28.7 Å². The lowest BCUT2D eigenvalue weighted by Gasteiger charge is -2.24. The highest BCUT2D eigenvalue weighted by atomic mass is 19.2. The van der Waals surface area contributed by atoms with Crippen LogP contribution in [0.1, 0.15) is 34.0 Å². The Kier molecular flexibility index (Phi) is 8.58. The third-order valence-corrected chi connectivity index (χ3v) is 8.26. The van der Waals surface area contributed by atoms with Crippen LogP contribution in [0.2, 0.25) is 0 Å². The zero-order valence-electron chi connectivity index (χ0n) is 24.6. The van der Waals surface area contributed by atoms with Gasteiger partial charge in [-0.05, 0) is 36.2 Å². The van der Waals surface area contributed by atoms with Crippen molar-refractivity contribution in [3.8, 4) is 11.5 Å². The van der Waals surface area contributed by atoms with Crippen LogP contribution in [0.15, 0.2) is 60.9 Å². The minimum Gasteiger partial charge on any atom is -0.493 e. The topological polar surface area (TPSA) is 118 Å². The molecule has 0 unspecified atom stereocenters. The maximum atomic E-state index is 14.3. The molecule has 6 rings (SSSR count). The van der Waals surface area contributed by atoms with E-state index >= 15 is 0 Å². The van der Waals surface area contributed by atoms with Gasteiger partial charge in [0, 0.05) is 56.1 Å². The minimum absolute atomic E-state index is 0.0398. The Balaban J connectivity index is 1.23. The molecule has 4 heterocycles. The molecule has 4 aromatic rings. The summed E-state index contributed by atoms with van der Waals surface area (Å²) in [6.45, 7) is 1.39. The van der Waals surface area contributed by atoms with Gasteiger partial charge in [-0.2, -0.15) is 5.10 Å². The van der Waals surface area contributed by atoms with Gasteiger partial charge < -0.3 is 24.6 Å². The highest BCUT2D eigenvalue weighted by Crippen LogP contribution is 2.38. The number of nitrogens with one attached hydrogen (secondary N) is 1. The molecular formula is C32H32F2N6O5. The van der Waals surface area contributed by atoms with E-state index in [1.807, 2.05) is 6.07 Å². The monoisotopic (exact) mass is 618 g/mol. The molecule has 1 fully saturated rings. The Morgan fingerprint density at radius 1 is 1.07 bits per heavy atom. The van der Waals surface area contributed by atoms with Gasteiger partial charge in [0.1, 0.15) is 6.61 Å². The number of hydrogen-bond donors (Lipinski definition) is 1. The first kappa shape index (κ1) is 30.0. The molecule has 0 spiro atoms. The van der Waals surface area contributed by atoms with Crippen LogP contribution in [0.25, 0.3) is 5.65 Å². The van der Waals surface area contributed by atoms with Crippen molar-refractivity contribution in [1.82, 2.24) is 29.7 Å². The zero-order valence-corrected chi connectivity index (χ0v) is 24.6. The quantitative estimate of drug-likeness (QED) is 0.374. The third kappa shape index (κ3) is 6.28. The molecule has 2 aliphatic rings. The summed E-state index contributed by atoms with van der Waals surface area (Å²) in [7, 11) is 1.52. The van der Waals surface area contributed by atoms with Crippen LogP contribution in [0.4, 0.5) is 8.78 Å². The van der Waals surface area contributed by atoms with Crippen molar-refractivity contribution >= 4 is 23.4 Å². The van der Waals surface area contributed by atoms with Gasteiger partial charge in [0.15, 0.2) is 34.5 Å². The lowest BCUT2D eigenvalue weighted by Crippen LogP contribution is -2.39. The standard InChI is InChI=1S/C32H32F2N6O5/c1-44-26-8-7-20-15-27(26)45-14-13-38(32(43)25-17-28-35-9-4-12-40(28)37-25)11-3-10-36-31(42)23-19-39(18-22(20)23)29(41)16-21-5-2-6-24(33)30(21)34/h2,4-9,12,15,17,22-23H,3,10-11,13-14,16,18-19H2,1H3,(H,36,42)/t22-,23+/m1/s1. The summed E-state index contributed by atoms with van der Waals surface area (Å²) in [6, 6.07) is 12.4. The van der Waals surface area contributed by atoms with Crippen LogP contribution in [0.3, 0.4) is 0 Å². The number of fused-ring (bicyclic) bond motifs is 5. The lowest BCUT2D eigenvalue weighted by atomic mass is 9.88. The molecule has 13 heteroatoms. The van der Waals surface area contributed by atoms with E-state index < -0.39 is 23.5 Å². The van der Waals surface area contributed by atoms with Crippen LogP contribution >= 0.6 is 0 Å². The Morgan fingerprint density at radius 2 is 1.91 bits per heavy atom. The second kappa shape index (κ2) is 12.9. The summed E-state index contributed by atoms with van der Waals surface area (Å²) in [6.07, 6.45) is 3.48. The fraction of sp³-hybridized carbons (Fsp3) is 0.344. The van der Waals surface area contributed by atoms with Crippen molar-refractivity contribution in [3.63, 3.8) is 0 Å². The number of rotatable bonds is 4. The second-order valence-corrected chi connectivity index (χ2v) is 11.0. The van der Waals surface area contributed by atoms with E-state index in [1.54, 1.807) is 41.6 Å². The van der Waals surface area contributed by atoms with Gasteiger partial charge >= 0.3 is 0 Å². The van der Waals surface area contributed by atoms with E-state index in [9.17, 15) is 23.2 Å². The molecule has 2 aromatic carbocycles. The number of amides is 3. The number of methoxy groups -OCH3 is 1. The predicted octanol–water partition coefficient (Wildman–Crippen LogP) is 2.84. The molecule has 3 amide bonds. The highest BCUT2D eigenvalue weighted by Gasteiger charge is 2.41. The Morgan fingerprint density at radius 3 is 2.73 bits per heavy atom. The summed E-state index contributed by atoms with van der Waals surface area (Å²) in [5.41, 5.74) is 1.52. The largest absolute Gasteiger partial charge is 0.493 e. The summed E-state index contributed by atoms with van der Waals surface area (Å²) in [5.74, 6) is -3.07. The van der Waals surface area contributed by atoms with Crippen LogP contribution < -0.4 is 14.8 Å². The Hall–Kier alpha value is -5.07. The van der Waals surface area contributed by atoms with Crippen molar-refractivity contribution in [2.24, 2.45) is 5.92 Å². The number of likely N-dealkylation sites (tertiary alicyclic amines) is 1. The summed E-state index contributed by atoms with van der Waals surface area (Å²) in [5, 5.41) is 7.33. The number of hydrogen-bond acceptors (Lipinski definition) is 7. The van der Waals surface area contributed by atoms with Crippen molar-refractivity contribution in [2.45, 2.75) is 18.8 Å². The third-order valence-electron chi connectivity index (χ3n) is 8.26. The normalized spacial score (nSPS) is 19.0. The first-order chi connectivity index (χ1) is 21.8. The second-order valence-electron chi connectivity index (χ2n) is 11.0. The first-order valence-corrected chi connectivity index (χ1v) is 14.7. The van der Waals surface area contributed by atoms with E-state index in [2.05, 4.69) is 15.4 Å². The van der Waals surface area contributed by atoms with Gasteiger partial charge in [0.05, 0.1) is 26.0 Å². The van der Waals surface area contributed by atoms with Gasteiger partial charge in [0.2, 0.25) is 11.8 Å². The molecule has 0 aliphatic carbocycles. The number of benzene rings is 2. The molecule has 11 nitrogen and oxygen atoms in total. The van der Waals surface area contributed by atoms with Gasteiger partial charge in [-0.3, -0.25) is 14.4 Å². The maximum Gasteiger partial charge on any atom is 0.274 e. The number of aromatic nitrogens is 3. The van der Waals surface area contributed by atoms with Crippen molar-refractivity contribution in [2.75, 3.05) is 46.4 Å². The number of carbonyl (C=O) groups excluding carboxylic acids is 3. The highest BCUT2D eigenvalue weighted by molar-refractivity contribution is 5.93. The molecule has 2 bridgehead atoms. The molecule has 2 atom stereocenters. The number of ether oxygens (including phenoxy) is 2. The summed E-state index contributed by atoms with van der Waals surface area (Å²) < 4.78 is 41.3. The fourth-order valence-corrected chi connectivity index (χ4v) is 5.90. The molecule has 2 aliphatic heterocycles. The molecule has 1 saturated heterocycles. The molecule has 0 radical (unpaired) electrons. The average Bonchev–Trinajstić information content (AvgIpc) is 3.69. The van der Waals surface area contributed by atoms with Gasteiger partial charge in [0.25, 0.3) is 5.91 Å². The number of carbonyl (C=O) groups is 3. The lowest BCUT2D eigenvalue weighted by molar-refractivity contribution is -0.130. The zero-order chi connectivity index (χ0) is 31.5. The SMILES string of the molecule is COc1ccc2cc1OCCN(C(=O)c1cc3ncccn3n1)CCCNC(=O)[C@H]1CN(C(=O)Cc3cccc(F)c3F)C[C@H]21. The molecule has 1 N–H and O–H groups in total. The smallest absolute Gasteiger partial charge is 0.274 e.